The molecule has 4 rings (SSSR count). The zero-order valence-electron chi connectivity index (χ0n) is 15.3. The number of hydrogen-bond donors (Lipinski definition) is 0. The smallest absolute Gasteiger partial charge is 0.325 e. The van der Waals surface area contributed by atoms with Crippen molar-refractivity contribution in [3.05, 3.63) is 82.6 Å². The monoisotopic (exact) mass is 390 g/mol. The molecule has 0 radical (unpaired) electrons. The van der Waals surface area contributed by atoms with Crippen LogP contribution in [-0.4, -0.2) is 22.6 Å². The van der Waals surface area contributed by atoms with Gasteiger partial charge in [0.1, 0.15) is 6.54 Å². The Morgan fingerprint density at radius 3 is 2.54 bits per heavy atom. The van der Waals surface area contributed by atoms with Gasteiger partial charge in [0.15, 0.2) is 5.16 Å². The van der Waals surface area contributed by atoms with E-state index in [1.165, 1.54) is 34.2 Å². The van der Waals surface area contributed by atoms with Gasteiger partial charge in [-0.1, -0.05) is 66.4 Å². The summed E-state index contributed by atoms with van der Waals surface area (Å²) >= 11 is 1.44. The van der Waals surface area contributed by atoms with Crippen molar-refractivity contribution in [1.29, 1.82) is 0 Å². The molecule has 0 N–H and O–H groups in total. The molecule has 0 fully saturated rings. The van der Waals surface area contributed by atoms with Crippen LogP contribution in [0.1, 0.15) is 5.56 Å². The third-order valence-corrected chi connectivity index (χ3v) is 5.60. The van der Waals surface area contributed by atoms with Gasteiger partial charge in [-0.15, -0.1) is 0 Å². The molecule has 5 nitrogen and oxygen atoms in total. The summed E-state index contributed by atoms with van der Waals surface area (Å²) in [5.41, 5.74) is 1.53. The van der Waals surface area contributed by atoms with Crippen molar-refractivity contribution in [3.63, 3.8) is 0 Å². The normalized spacial score (nSPS) is 11.0. The van der Waals surface area contributed by atoms with E-state index in [2.05, 4.69) is 29.2 Å². The second-order valence-corrected chi connectivity index (χ2v) is 7.25. The first-order valence-corrected chi connectivity index (χ1v) is 9.82. The number of ether oxygens (including phenoxy) is 1. The van der Waals surface area contributed by atoms with Gasteiger partial charge in [-0.3, -0.25) is 14.2 Å². The second kappa shape index (κ2) is 7.86. The van der Waals surface area contributed by atoms with Crippen LogP contribution in [0.15, 0.2) is 76.7 Å². The third kappa shape index (κ3) is 3.51. The highest BCUT2D eigenvalue weighted by Crippen LogP contribution is 2.27. The van der Waals surface area contributed by atoms with Crippen LogP contribution in [0.5, 0.6) is 0 Å². The molecule has 0 aliphatic carbocycles. The van der Waals surface area contributed by atoms with E-state index in [0.29, 0.717) is 21.8 Å². The lowest BCUT2D eigenvalue weighted by molar-refractivity contribution is -0.141. The summed E-state index contributed by atoms with van der Waals surface area (Å²) in [5, 5.41) is 3.32. The Hall–Kier alpha value is -3.12. The fourth-order valence-corrected chi connectivity index (χ4v) is 4.15. The number of carbonyl (C=O) groups is 1. The Labute approximate surface area is 166 Å². The molecule has 0 spiro atoms. The van der Waals surface area contributed by atoms with Crippen LogP contribution < -0.4 is 5.56 Å². The molecule has 6 heteroatoms. The first kappa shape index (κ1) is 18.3. The average molecular weight is 390 g/mol. The molecule has 3 aromatic carbocycles. The van der Waals surface area contributed by atoms with E-state index in [4.69, 9.17) is 4.74 Å². The molecular weight excluding hydrogens is 372 g/mol. The van der Waals surface area contributed by atoms with E-state index in [1.807, 2.05) is 24.3 Å². The lowest BCUT2D eigenvalue weighted by Crippen LogP contribution is -2.27. The van der Waals surface area contributed by atoms with Gasteiger partial charge in [-0.2, -0.15) is 0 Å². The number of aromatic nitrogens is 2. The number of benzene rings is 3. The van der Waals surface area contributed by atoms with Crippen molar-refractivity contribution in [1.82, 2.24) is 9.55 Å². The Kier molecular flexibility index (Phi) is 5.12. The highest BCUT2D eigenvalue weighted by molar-refractivity contribution is 7.98. The number of para-hydroxylation sites is 1. The number of thioether (sulfide) groups is 1. The van der Waals surface area contributed by atoms with Crippen molar-refractivity contribution in [2.24, 2.45) is 0 Å². The van der Waals surface area contributed by atoms with E-state index >= 15 is 0 Å². The van der Waals surface area contributed by atoms with Gasteiger partial charge >= 0.3 is 5.97 Å². The van der Waals surface area contributed by atoms with Gasteiger partial charge in [0.05, 0.1) is 18.0 Å². The molecule has 140 valence electrons. The minimum Gasteiger partial charge on any atom is -0.468 e. The van der Waals surface area contributed by atoms with Crippen LogP contribution in [0, 0.1) is 0 Å². The third-order valence-electron chi connectivity index (χ3n) is 4.58. The maximum Gasteiger partial charge on any atom is 0.325 e. The van der Waals surface area contributed by atoms with Crippen molar-refractivity contribution in [2.45, 2.75) is 17.5 Å². The highest BCUT2D eigenvalue weighted by atomic mass is 32.2. The van der Waals surface area contributed by atoms with Gasteiger partial charge in [0, 0.05) is 5.75 Å². The summed E-state index contributed by atoms with van der Waals surface area (Å²) < 4.78 is 6.15. The zero-order chi connectivity index (χ0) is 19.5. The zero-order valence-corrected chi connectivity index (χ0v) is 16.1. The first-order valence-electron chi connectivity index (χ1n) is 8.83. The molecule has 0 amide bonds. The Bertz CT molecular complexity index is 1230. The van der Waals surface area contributed by atoms with Crippen molar-refractivity contribution >= 4 is 39.4 Å². The molecule has 0 aliphatic heterocycles. The average Bonchev–Trinajstić information content (AvgIpc) is 2.74. The fourth-order valence-electron chi connectivity index (χ4n) is 3.15. The van der Waals surface area contributed by atoms with Gasteiger partial charge in [0.2, 0.25) is 0 Å². The summed E-state index contributed by atoms with van der Waals surface area (Å²) in [5.74, 6) is 0.152. The molecule has 1 aromatic heterocycles. The number of methoxy groups -OCH3 is 1. The van der Waals surface area contributed by atoms with Gasteiger partial charge in [-0.25, -0.2) is 4.98 Å². The Morgan fingerprint density at radius 1 is 1.00 bits per heavy atom. The van der Waals surface area contributed by atoms with E-state index in [9.17, 15) is 9.59 Å². The maximum atomic E-state index is 12.9. The summed E-state index contributed by atoms with van der Waals surface area (Å²) in [6, 6.07) is 21.5. The molecule has 1 heterocycles. The Balaban J connectivity index is 1.75. The number of fused-ring (bicyclic) bond motifs is 2. The quantitative estimate of drug-likeness (QED) is 0.293. The molecule has 0 bridgehead atoms. The molecule has 0 atom stereocenters. The lowest BCUT2D eigenvalue weighted by atomic mass is 10.1. The first-order chi connectivity index (χ1) is 13.7. The van der Waals surface area contributed by atoms with Gasteiger partial charge < -0.3 is 4.74 Å². The van der Waals surface area contributed by atoms with Crippen LogP contribution in [0.3, 0.4) is 0 Å². The van der Waals surface area contributed by atoms with Crippen LogP contribution in [-0.2, 0) is 21.8 Å². The number of hydrogen-bond acceptors (Lipinski definition) is 5. The van der Waals surface area contributed by atoms with Crippen LogP contribution in [0.2, 0.25) is 0 Å². The predicted octanol–water partition coefficient (Wildman–Crippen LogP) is 4.02. The Morgan fingerprint density at radius 2 is 1.71 bits per heavy atom. The van der Waals surface area contributed by atoms with Crippen molar-refractivity contribution < 1.29 is 9.53 Å². The number of nitrogens with zero attached hydrogens (tertiary/aromatic N) is 2. The summed E-state index contributed by atoms with van der Waals surface area (Å²) in [6.45, 7) is -0.162. The number of carbonyl (C=O) groups excluding carboxylic acids is 1. The van der Waals surface area contributed by atoms with Gasteiger partial charge in [-0.05, 0) is 28.5 Å². The second-order valence-electron chi connectivity index (χ2n) is 6.31. The molecule has 0 aliphatic rings. The molecule has 0 saturated carbocycles. The summed E-state index contributed by atoms with van der Waals surface area (Å²) in [7, 11) is 1.31. The van der Waals surface area contributed by atoms with Crippen LogP contribution in [0.25, 0.3) is 21.7 Å². The molecular formula is C22H18N2O3S. The molecule has 28 heavy (non-hydrogen) atoms. The van der Waals surface area contributed by atoms with E-state index in [-0.39, 0.29) is 12.1 Å². The minimum atomic E-state index is -0.480. The predicted molar refractivity (Wildman–Crippen MR) is 112 cm³/mol. The lowest BCUT2D eigenvalue weighted by Gasteiger charge is -2.13. The van der Waals surface area contributed by atoms with E-state index in [1.54, 1.807) is 18.2 Å². The van der Waals surface area contributed by atoms with Crippen LogP contribution in [0.4, 0.5) is 0 Å². The molecule has 4 aromatic rings. The summed E-state index contributed by atoms with van der Waals surface area (Å²) in [4.78, 5) is 29.4. The molecule has 0 unspecified atom stereocenters. The molecule has 0 saturated heterocycles. The standard InChI is InChI=1S/C22H18N2O3S/c1-27-20(25)13-24-21(26)18-11-4-5-12-19(18)23-22(24)28-14-16-9-6-8-15-7-2-3-10-17(15)16/h2-12H,13-14H2,1H3. The maximum absolute atomic E-state index is 12.9. The van der Waals surface area contributed by atoms with E-state index < -0.39 is 5.97 Å². The van der Waals surface area contributed by atoms with Crippen molar-refractivity contribution in [2.75, 3.05) is 7.11 Å². The van der Waals surface area contributed by atoms with Gasteiger partial charge in [0.25, 0.3) is 5.56 Å². The summed E-state index contributed by atoms with van der Waals surface area (Å²) in [6.07, 6.45) is 0. The number of esters is 1. The minimum absolute atomic E-state index is 0.162. The largest absolute Gasteiger partial charge is 0.468 e. The SMILES string of the molecule is COC(=O)Cn1c(SCc2cccc3ccccc23)nc2ccccc2c1=O. The van der Waals surface area contributed by atoms with Crippen molar-refractivity contribution in [3.8, 4) is 0 Å². The topological polar surface area (TPSA) is 61.2 Å². The van der Waals surface area contributed by atoms with E-state index in [0.717, 1.165) is 5.56 Å². The fraction of sp³-hybridized carbons (Fsp3) is 0.136. The van der Waals surface area contributed by atoms with Crippen LogP contribution >= 0.6 is 11.8 Å². The highest BCUT2D eigenvalue weighted by Gasteiger charge is 2.15. The number of rotatable bonds is 5.